The van der Waals surface area contributed by atoms with Crippen LogP contribution in [0, 0.1) is 0 Å². The lowest BCUT2D eigenvalue weighted by Gasteiger charge is -2.14. The van der Waals surface area contributed by atoms with Crippen LogP contribution in [0.1, 0.15) is 20.3 Å². The molecule has 0 heterocycles. The van der Waals surface area contributed by atoms with Crippen molar-refractivity contribution in [1.29, 1.82) is 0 Å². The van der Waals surface area contributed by atoms with Gasteiger partial charge in [-0.2, -0.15) is 0 Å². The molecule has 0 bridgehead atoms. The molecular weight excluding hydrogens is 244 g/mol. The van der Waals surface area contributed by atoms with E-state index in [1.807, 2.05) is 37.3 Å². The summed E-state index contributed by atoms with van der Waals surface area (Å²) in [7, 11) is 0. The fourth-order valence-corrected chi connectivity index (χ4v) is 2.55. The van der Waals surface area contributed by atoms with Gasteiger partial charge in [0, 0.05) is 18.0 Å². The lowest BCUT2D eigenvalue weighted by Crippen LogP contribution is -2.37. The quantitative estimate of drug-likeness (QED) is 0.560. The van der Waals surface area contributed by atoms with E-state index in [1.54, 1.807) is 11.8 Å². The number of carbonyl (C=O) groups excluding carboxylic acids is 1. The van der Waals surface area contributed by atoms with Crippen LogP contribution in [0.5, 0.6) is 0 Å². The minimum Gasteiger partial charge on any atom is -0.354 e. The summed E-state index contributed by atoms with van der Waals surface area (Å²) in [6.45, 7) is 6.56. The van der Waals surface area contributed by atoms with Gasteiger partial charge < -0.3 is 10.6 Å². The van der Waals surface area contributed by atoms with Crippen LogP contribution in [0.4, 0.5) is 0 Å². The Kier molecular flexibility index (Phi) is 7.53. The molecule has 0 fully saturated rings. The van der Waals surface area contributed by atoms with Crippen LogP contribution in [-0.2, 0) is 4.79 Å². The number of rotatable bonds is 8. The highest BCUT2D eigenvalue weighted by atomic mass is 32.2. The molecule has 0 aliphatic rings. The third-order valence-corrected chi connectivity index (χ3v) is 3.91. The molecule has 18 heavy (non-hydrogen) atoms. The van der Waals surface area contributed by atoms with Gasteiger partial charge in [-0.1, -0.05) is 32.0 Å². The lowest BCUT2D eigenvalue weighted by molar-refractivity contribution is -0.120. The highest BCUT2D eigenvalue weighted by Gasteiger charge is 2.16. The van der Waals surface area contributed by atoms with Crippen LogP contribution in [-0.4, -0.2) is 30.8 Å². The number of thioether (sulfide) groups is 1. The van der Waals surface area contributed by atoms with Gasteiger partial charge in [-0.25, -0.2) is 0 Å². The smallest absolute Gasteiger partial charge is 0.233 e. The molecule has 0 saturated heterocycles. The summed E-state index contributed by atoms with van der Waals surface area (Å²) in [6, 6.07) is 10.1. The summed E-state index contributed by atoms with van der Waals surface area (Å²) >= 11 is 1.63. The molecule has 1 amide bonds. The molecule has 100 valence electrons. The van der Waals surface area contributed by atoms with Gasteiger partial charge >= 0.3 is 0 Å². The number of amides is 1. The van der Waals surface area contributed by atoms with E-state index in [4.69, 9.17) is 0 Å². The molecule has 0 spiro atoms. The monoisotopic (exact) mass is 266 g/mol. The Labute approximate surface area is 114 Å². The van der Waals surface area contributed by atoms with Gasteiger partial charge in [0.15, 0.2) is 0 Å². The Bertz CT molecular complexity index is 343. The molecule has 0 aromatic heterocycles. The van der Waals surface area contributed by atoms with Gasteiger partial charge in [0.25, 0.3) is 0 Å². The topological polar surface area (TPSA) is 41.1 Å². The molecular formula is C14H22N2OS. The summed E-state index contributed by atoms with van der Waals surface area (Å²) in [4.78, 5) is 13.1. The number of hydrogen-bond donors (Lipinski definition) is 2. The van der Waals surface area contributed by atoms with Crippen molar-refractivity contribution in [2.24, 2.45) is 0 Å². The zero-order valence-corrected chi connectivity index (χ0v) is 11.9. The largest absolute Gasteiger partial charge is 0.354 e. The first-order chi connectivity index (χ1) is 8.77. The van der Waals surface area contributed by atoms with Gasteiger partial charge in [-0.05, 0) is 25.1 Å². The van der Waals surface area contributed by atoms with E-state index >= 15 is 0 Å². The van der Waals surface area contributed by atoms with Crippen molar-refractivity contribution < 1.29 is 4.79 Å². The first-order valence-corrected chi connectivity index (χ1v) is 7.36. The predicted molar refractivity (Wildman–Crippen MR) is 77.9 cm³/mol. The van der Waals surface area contributed by atoms with Crippen molar-refractivity contribution >= 4 is 17.7 Å². The number of likely N-dealkylation sites (N-methyl/N-ethyl adjacent to an activating group) is 1. The van der Waals surface area contributed by atoms with Crippen LogP contribution in [0.15, 0.2) is 35.2 Å². The van der Waals surface area contributed by atoms with E-state index < -0.39 is 0 Å². The maximum atomic E-state index is 12.0. The number of benzene rings is 1. The SMILES string of the molecule is CCNCCNC(=O)C(CC)Sc1ccccc1. The van der Waals surface area contributed by atoms with Gasteiger partial charge in [0.2, 0.25) is 5.91 Å². The molecule has 1 unspecified atom stereocenters. The first kappa shape index (κ1) is 15.1. The van der Waals surface area contributed by atoms with Gasteiger partial charge in [-0.3, -0.25) is 4.79 Å². The molecule has 1 atom stereocenters. The number of hydrogen-bond acceptors (Lipinski definition) is 3. The van der Waals surface area contributed by atoms with Crippen molar-refractivity contribution in [3.8, 4) is 0 Å². The average molecular weight is 266 g/mol. The minimum atomic E-state index is -0.00553. The summed E-state index contributed by atoms with van der Waals surface area (Å²) < 4.78 is 0. The molecule has 2 N–H and O–H groups in total. The Morgan fingerprint density at radius 1 is 1.22 bits per heavy atom. The normalized spacial score (nSPS) is 12.1. The van der Waals surface area contributed by atoms with Crippen molar-refractivity contribution in [3.63, 3.8) is 0 Å². The van der Waals surface area contributed by atoms with Crippen LogP contribution in [0.25, 0.3) is 0 Å². The summed E-state index contributed by atoms with van der Waals surface area (Å²) in [5, 5.41) is 6.15. The zero-order valence-electron chi connectivity index (χ0n) is 11.1. The second-order valence-electron chi connectivity index (χ2n) is 3.97. The molecule has 0 saturated carbocycles. The molecule has 0 aliphatic heterocycles. The lowest BCUT2D eigenvalue weighted by atomic mass is 10.3. The number of carbonyl (C=O) groups is 1. The zero-order chi connectivity index (χ0) is 13.2. The maximum absolute atomic E-state index is 12.0. The second kappa shape index (κ2) is 9.00. The van der Waals surface area contributed by atoms with Gasteiger partial charge in [0.05, 0.1) is 5.25 Å². The fourth-order valence-electron chi connectivity index (χ4n) is 1.55. The fraction of sp³-hybridized carbons (Fsp3) is 0.500. The second-order valence-corrected chi connectivity index (χ2v) is 5.25. The Morgan fingerprint density at radius 2 is 1.94 bits per heavy atom. The molecule has 0 radical (unpaired) electrons. The third-order valence-electron chi connectivity index (χ3n) is 2.54. The van der Waals surface area contributed by atoms with Crippen LogP contribution in [0.3, 0.4) is 0 Å². The molecule has 1 aromatic rings. The minimum absolute atomic E-state index is 0.00553. The van der Waals surface area contributed by atoms with Gasteiger partial charge in [0.1, 0.15) is 0 Å². The van der Waals surface area contributed by atoms with Gasteiger partial charge in [-0.15, -0.1) is 11.8 Å². The highest BCUT2D eigenvalue weighted by Crippen LogP contribution is 2.24. The average Bonchev–Trinajstić information content (AvgIpc) is 2.42. The highest BCUT2D eigenvalue weighted by molar-refractivity contribution is 8.00. The van der Waals surface area contributed by atoms with Crippen molar-refractivity contribution in [2.45, 2.75) is 30.4 Å². The Balaban J connectivity index is 2.38. The van der Waals surface area contributed by atoms with Crippen LogP contribution in [0.2, 0.25) is 0 Å². The predicted octanol–water partition coefficient (Wildman–Crippen LogP) is 2.28. The van der Waals surface area contributed by atoms with E-state index in [1.165, 1.54) is 0 Å². The maximum Gasteiger partial charge on any atom is 0.233 e. The van der Waals surface area contributed by atoms with Crippen molar-refractivity contribution in [3.05, 3.63) is 30.3 Å². The molecule has 1 aromatic carbocycles. The Hall–Kier alpha value is -1.00. The number of nitrogens with one attached hydrogen (secondary N) is 2. The van der Waals surface area contributed by atoms with E-state index in [9.17, 15) is 4.79 Å². The van der Waals surface area contributed by atoms with E-state index in [0.717, 1.165) is 24.4 Å². The third kappa shape index (κ3) is 5.56. The van der Waals surface area contributed by atoms with Crippen LogP contribution < -0.4 is 10.6 Å². The van der Waals surface area contributed by atoms with Crippen molar-refractivity contribution in [2.75, 3.05) is 19.6 Å². The summed E-state index contributed by atoms with van der Waals surface area (Å²) in [6.07, 6.45) is 0.840. The van der Waals surface area contributed by atoms with E-state index in [-0.39, 0.29) is 11.2 Å². The molecule has 1 rings (SSSR count). The molecule has 0 aliphatic carbocycles. The standard InChI is InChI=1S/C14H22N2OS/c1-3-13(14(17)16-11-10-15-4-2)18-12-8-6-5-7-9-12/h5-9,13,15H,3-4,10-11H2,1-2H3,(H,16,17). The first-order valence-electron chi connectivity index (χ1n) is 6.48. The Morgan fingerprint density at radius 3 is 2.56 bits per heavy atom. The summed E-state index contributed by atoms with van der Waals surface area (Å²) in [5.41, 5.74) is 0. The molecule has 3 nitrogen and oxygen atoms in total. The summed E-state index contributed by atoms with van der Waals surface area (Å²) in [5.74, 6) is 0.129. The van der Waals surface area contributed by atoms with E-state index in [0.29, 0.717) is 6.54 Å². The van der Waals surface area contributed by atoms with E-state index in [2.05, 4.69) is 17.6 Å². The van der Waals surface area contributed by atoms with Crippen LogP contribution >= 0.6 is 11.8 Å². The van der Waals surface area contributed by atoms with Crippen molar-refractivity contribution in [1.82, 2.24) is 10.6 Å². The molecule has 4 heteroatoms.